The number of rotatable bonds is 7. The summed E-state index contributed by atoms with van der Waals surface area (Å²) in [4.78, 5) is 31.7. The number of carbonyl (C=O) groups excluding carboxylic acids is 2. The molecule has 3 aromatic rings. The van der Waals surface area contributed by atoms with Crippen molar-refractivity contribution in [3.63, 3.8) is 0 Å². The minimum atomic E-state index is -0.375. The zero-order chi connectivity index (χ0) is 22.7. The molecular formula is C25H27N5O2. The van der Waals surface area contributed by atoms with Crippen LogP contribution >= 0.6 is 0 Å². The number of hydrogen-bond acceptors (Lipinski definition) is 5. The lowest BCUT2D eigenvalue weighted by molar-refractivity contribution is -0.118. The number of aryl methyl sites for hydroxylation is 1. The number of hydrogen-bond donors (Lipinski definition) is 1. The van der Waals surface area contributed by atoms with Gasteiger partial charge in [-0.25, -0.2) is 0 Å². The van der Waals surface area contributed by atoms with E-state index >= 15 is 0 Å². The molecule has 4 rings (SSSR count). The number of pyridine rings is 1. The quantitative estimate of drug-likeness (QED) is 0.580. The molecule has 1 saturated heterocycles. The van der Waals surface area contributed by atoms with Crippen LogP contribution in [0.5, 0.6) is 0 Å². The smallest absolute Gasteiger partial charge is 0.217 e. The van der Waals surface area contributed by atoms with Gasteiger partial charge in [0, 0.05) is 23.5 Å². The first-order valence-electron chi connectivity index (χ1n) is 11.0. The molecule has 0 spiro atoms. The van der Waals surface area contributed by atoms with Crippen LogP contribution in [0.3, 0.4) is 0 Å². The van der Waals surface area contributed by atoms with E-state index < -0.39 is 0 Å². The van der Waals surface area contributed by atoms with Crippen molar-refractivity contribution in [2.45, 2.75) is 39.0 Å². The normalized spacial score (nSPS) is 14.4. The number of primary amides is 1. The minimum absolute atomic E-state index is 0.0568. The number of amides is 1. The van der Waals surface area contributed by atoms with Crippen molar-refractivity contribution in [1.29, 1.82) is 5.26 Å². The van der Waals surface area contributed by atoms with E-state index in [9.17, 15) is 9.59 Å². The van der Waals surface area contributed by atoms with E-state index in [2.05, 4.69) is 11.0 Å². The molecule has 1 aromatic carbocycles. The molecule has 0 aliphatic carbocycles. The lowest BCUT2D eigenvalue weighted by atomic mass is 10.1. The highest BCUT2D eigenvalue weighted by Gasteiger charge is 2.24. The van der Waals surface area contributed by atoms with Crippen LogP contribution in [0, 0.1) is 18.3 Å². The first kappa shape index (κ1) is 21.7. The summed E-state index contributed by atoms with van der Waals surface area (Å²) in [5.41, 5.74) is 10.4. The summed E-state index contributed by atoms with van der Waals surface area (Å²) in [6, 6.07) is 13.3. The van der Waals surface area contributed by atoms with Crippen molar-refractivity contribution in [1.82, 2.24) is 14.5 Å². The second-order valence-electron chi connectivity index (χ2n) is 8.35. The predicted molar refractivity (Wildman–Crippen MR) is 123 cm³/mol. The minimum Gasteiger partial charge on any atom is -0.370 e. The van der Waals surface area contributed by atoms with Gasteiger partial charge in [0.05, 0.1) is 34.8 Å². The standard InChI is InChI=1S/C25H27N5O2/c1-17-24(22(31)16-29-13-3-2-4-14-29)25-21(11-7-19(28-25)8-12-23(27)32)30(17)20-9-5-18(15-26)6-10-20/h5-7,9-11H,2-4,8,12-14,16H2,1H3,(H2,27,32). The third-order valence-electron chi connectivity index (χ3n) is 6.08. The summed E-state index contributed by atoms with van der Waals surface area (Å²) in [6.45, 7) is 4.19. The molecular weight excluding hydrogens is 402 g/mol. The van der Waals surface area contributed by atoms with Gasteiger partial charge in [-0.2, -0.15) is 5.26 Å². The van der Waals surface area contributed by atoms with Gasteiger partial charge in [0.25, 0.3) is 0 Å². The highest BCUT2D eigenvalue weighted by molar-refractivity contribution is 6.09. The number of Topliss-reactive ketones (excluding diaryl/α,β-unsaturated/α-hetero) is 1. The third kappa shape index (κ3) is 4.41. The van der Waals surface area contributed by atoms with E-state index in [0.29, 0.717) is 29.6 Å². The van der Waals surface area contributed by atoms with Gasteiger partial charge in [-0.1, -0.05) is 6.42 Å². The topological polar surface area (TPSA) is 105 Å². The number of nitrogens with zero attached hydrogens (tertiary/aromatic N) is 4. The van der Waals surface area contributed by atoms with Crippen LogP contribution in [-0.2, 0) is 11.2 Å². The zero-order valence-electron chi connectivity index (χ0n) is 18.3. The monoisotopic (exact) mass is 429 g/mol. The SMILES string of the molecule is Cc1c(C(=O)CN2CCCCC2)c2nc(CCC(N)=O)ccc2n1-c1ccc(C#N)cc1. The summed E-state index contributed by atoms with van der Waals surface area (Å²) in [6.07, 6.45) is 4.10. The van der Waals surface area contributed by atoms with Gasteiger partial charge in [-0.3, -0.25) is 19.5 Å². The van der Waals surface area contributed by atoms with Crippen LogP contribution in [0.4, 0.5) is 0 Å². The molecule has 1 amide bonds. The van der Waals surface area contributed by atoms with Gasteiger partial charge >= 0.3 is 0 Å². The molecule has 0 radical (unpaired) electrons. The second kappa shape index (κ2) is 9.33. The molecule has 0 saturated carbocycles. The molecule has 0 atom stereocenters. The van der Waals surface area contributed by atoms with Crippen LogP contribution in [0.15, 0.2) is 36.4 Å². The molecule has 164 valence electrons. The Morgan fingerprint density at radius 3 is 2.47 bits per heavy atom. The lowest BCUT2D eigenvalue weighted by Gasteiger charge is -2.25. The molecule has 1 aliphatic rings. The number of benzene rings is 1. The van der Waals surface area contributed by atoms with Gasteiger partial charge < -0.3 is 10.3 Å². The molecule has 0 bridgehead atoms. The first-order chi connectivity index (χ1) is 15.5. The molecule has 2 N–H and O–H groups in total. The third-order valence-corrected chi connectivity index (χ3v) is 6.08. The van der Waals surface area contributed by atoms with Crippen LogP contribution in [0.25, 0.3) is 16.7 Å². The number of fused-ring (bicyclic) bond motifs is 1. The van der Waals surface area contributed by atoms with Crippen LogP contribution in [0.1, 0.15) is 53.0 Å². The van der Waals surface area contributed by atoms with Crippen molar-refractivity contribution < 1.29 is 9.59 Å². The molecule has 3 heterocycles. The number of carbonyl (C=O) groups is 2. The van der Waals surface area contributed by atoms with Crippen molar-refractivity contribution in [2.75, 3.05) is 19.6 Å². The van der Waals surface area contributed by atoms with E-state index in [-0.39, 0.29) is 18.1 Å². The van der Waals surface area contributed by atoms with Gasteiger partial charge in [0.1, 0.15) is 0 Å². The maximum atomic E-state index is 13.5. The zero-order valence-corrected chi connectivity index (χ0v) is 18.3. The van der Waals surface area contributed by atoms with E-state index in [0.717, 1.165) is 48.5 Å². The lowest BCUT2D eigenvalue weighted by Crippen LogP contribution is -2.34. The van der Waals surface area contributed by atoms with Gasteiger partial charge in [-0.15, -0.1) is 0 Å². The average Bonchev–Trinajstić information content (AvgIpc) is 3.09. The number of nitrogens with two attached hydrogens (primary N) is 1. The van der Waals surface area contributed by atoms with Crippen molar-refractivity contribution in [3.8, 4) is 11.8 Å². The van der Waals surface area contributed by atoms with Crippen molar-refractivity contribution in [3.05, 3.63) is 58.9 Å². The molecule has 32 heavy (non-hydrogen) atoms. The summed E-state index contributed by atoms with van der Waals surface area (Å²) in [7, 11) is 0. The fourth-order valence-electron chi connectivity index (χ4n) is 4.46. The van der Waals surface area contributed by atoms with Gasteiger partial charge in [0.2, 0.25) is 5.91 Å². The van der Waals surface area contributed by atoms with Crippen molar-refractivity contribution >= 4 is 22.7 Å². The van der Waals surface area contributed by atoms with E-state index in [1.807, 2.05) is 35.8 Å². The Morgan fingerprint density at radius 1 is 1.09 bits per heavy atom. The molecule has 1 aliphatic heterocycles. The van der Waals surface area contributed by atoms with Gasteiger partial charge in [0.15, 0.2) is 5.78 Å². The second-order valence-corrected chi connectivity index (χ2v) is 8.35. The fourth-order valence-corrected chi connectivity index (χ4v) is 4.46. The molecule has 1 fully saturated rings. The first-order valence-corrected chi connectivity index (χ1v) is 11.0. The maximum Gasteiger partial charge on any atom is 0.217 e. The summed E-state index contributed by atoms with van der Waals surface area (Å²) < 4.78 is 2.02. The van der Waals surface area contributed by atoms with Crippen LogP contribution in [-0.4, -0.2) is 45.8 Å². The fraction of sp³-hybridized carbons (Fsp3) is 0.360. The van der Waals surface area contributed by atoms with Crippen LogP contribution < -0.4 is 5.73 Å². The largest absolute Gasteiger partial charge is 0.370 e. The highest BCUT2D eigenvalue weighted by atomic mass is 16.1. The average molecular weight is 430 g/mol. The maximum absolute atomic E-state index is 13.5. The summed E-state index contributed by atoms with van der Waals surface area (Å²) in [5.74, 6) is -0.319. The number of ketones is 1. The van der Waals surface area contributed by atoms with E-state index in [1.54, 1.807) is 12.1 Å². The predicted octanol–water partition coefficient (Wildman–Crippen LogP) is 3.29. The molecule has 7 nitrogen and oxygen atoms in total. The summed E-state index contributed by atoms with van der Waals surface area (Å²) >= 11 is 0. The number of nitriles is 1. The van der Waals surface area contributed by atoms with Gasteiger partial charge in [-0.05, 0) is 75.7 Å². The number of piperidine rings is 1. The Morgan fingerprint density at radius 2 is 1.81 bits per heavy atom. The molecule has 2 aromatic heterocycles. The Hall–Kier alpha value is -3.50. The molecule has 0 unspecified atom stereocenters. The van der Waals surface area contributed by atoms with Crippen LogP contribution in [0.2, 0.25) is 0 Å². The van der Waals surface area contributed by atoms with Crippen molar-refractivity contribution in [2.24, 2.45) is 5.73 Å². The molecule has 7 heteroatoms. The van der Waals surface area contributed by atoms with E-state index in [1.165, 1.54) is 6.42 Å². The summed E-state index contributed by atoms with van der Waals surface area (Å²) in [5, 5.41) is 9.13. The Kier molecular flexibility index (Phi) is 6.33. The number of aromatic nitrogens is 2. The highest BCUT2D eigenvalue weighted by Crippen LogP contribution is 2.29. The van der Waals surface area contributed by atoms with E-state index in [4.69, 9.17) is 16.0 Å². The Balaban J connectivity index is 1.80. The Labute approximate surface area is 187 Å². The number of likely N-dealkylation sites (tertiary alicyclic amines) is 1. The Bertz CT molecular complexity index is 1200.